The van der Waals surface area contributed by atoms with Crippen LogP contribution < -0.4 is 10.2 Å². The van der Waals surface area contributed by atoms with Gasteiger partial charge < -0.3 is 10.2 Å². The number of aromatic nitrogens is 1. The van der Waals surface area contributed by atoms with Crippen LogP contribution in [0.3, 0.4) is 0 Å². The van der Waals surface area contributed by atoms with Gasteiger partial charge in [0.1, 0.15) is 5.82 Å². The zero-order valence-corrected chi connectivity index (χ0v) is 17.0. The molecule has 1 amide bonds. The van der Waals surface area contributed by atoms with Crippen LogP contribution in [0.4, 0.5) is 11.5 Å². The molecular weight excluding hydrogens is 366 g/mol. The van der Waals surface area contributed by atoms with E-state index in [1.165, 1.54) is 49.8 Å². The van der Waals surface area contributed by atoms with Gasteiger partial charge in [0.2, 0.25) is 0 Å². The molecule has 0 bridgehead atoms. The average Bonchev–Trinajstić information content (AvgIpc) is 3.45. The van der Waals surface area contributed by atoms with E-state index in [1.807, 2.05) is 36.0 Å². The largest absolute Gasteiger partial charge is 0.356 e. The van der Waals surface area contributed by atoms with E-state index in [0.717, 1.165) is 29.8 Å². The minimum Gasteiger partial charge on any atom is -0.356 e. The third kappa shape index (κ3) is 3.77. The molecule has 3 fully saturated rings. The predicted molar refractivity (Wildman–Crippen MR) is 115 cm³/mol. The quantitative estimate of drug-likeness (QED) is 0.743. The van der Waals surface area contributed by atoms with Crippen LogP contribution in [0, 0.1) is 5.41 Å². The second kappa shape index (κ2) is 7.43. The number of amides is 1. The van der Waals surface area contributed by atoms with Crippen molar-refractivity contribution in [3.63, 3.8) is 0 Å². The molecule has 0 atom stereocenters. The Morgan fingerprint density at radius 1 is 1.11 bits per heavy atom. The SMILES string of the molecule is O=C(Nc1cccc(SC2CCC2)c1)c1cccnc1N1CCC2(CC1)CC2. The van der Waals surface area contributed by atoms with Gasteiger partial charge in [0.15, 0.2) is 0 Å². The molecule has 2 saturated carbocycles. The number of nitrogens with one attached hydrogen (secondary N) is 1. The molecule has 2 heterocycles. The van der Waals surface area contributed by atoms with Gasteiger partial charge in [-0.3, -0.25) is 4.79 Å². The first-order valence-corrected chi connectivity index (χ1v) is 11.4. The first-order valence-electron chi connectivity index (χ1n) is 10.5. The lowest BCUT2D eigenvalue weighted by Crippen LogP contribution is -2.36. The van der Waals surface area contributed by atoms with E-state index in [-0.39, 0.29) is 5.91 Å². The third-order valence-electron chi connectivity index (χ3n) is 6.56. The van der Waals surface area contributed by atoms with Gasteiger partial charge in [-0.15, -0.1) is 11.8 Å². The fraction of sp³-hybridized carbons (Fsp3) is 0.478. The fourth-order valence-electron chi connectivity index (χ4n) is 4.22. The molecule has 0 radical (unpaired) electrons. The number of carbonyl (C=O) groups excluding carboxylic acids is 1. The fourth-order valence-corrected chi connectivity index (χ4v) is 5.53. The van der Waals surface area contributed by atoms with E-state index in [9.17, 15) is 4.79 Å². The minimum atomic E-state index is -0.0689. The molecule has 2 aromatic rings. The number of piperidine rings is 1. The van der Waals surface area contributed by atoms with E-state index in [0.29, 0.717) is 11.0 Å². The monoisotopic (exact) mass is 393 g/mol. The van der Waals surface area contributed by atoms with Crippen LogP contribution in [0.15, 0.2) is 47.5 Å². The number of anilines is 2. The normalized spacial score (nSPS) is 20.6. The summed E-state index contributed by atoms with van der Waals surface area (Å²) in [6.45, 7) is 2.01. The summed E-state index contributed by atoms with van der Waals surface area (Å²) in [4.78, 5) is 21.1. The Morgan fingerprint density at radius 2 is 1.93 bits per heavy atom. The van der Waals surface area contributed by atoms with Gasteiger partial charge >= 0.3 is 0 Å². The molecule has 28 heavy (non-hydrogen) atoms. The van der Waals surface area contributed by atoms with Crippen LogP contribution in [0.5, 0.6) is 0 Å². The third-order valence-corrected chi connectivity index (χ3v) is 7.89. The predicted octanol–water partition coefficient (Wildman–Crippen LogP) is 5.36. The van der Waals surface area contributed by atoms with Gasteiger partial charge in [-0.2, -0.15) is 0 Å². The van der Waals surface area contributed by atoms with E-state index in [1.54, 1.807) is 6.20 Å². The Kier molecular flexibility index (Phi) is 4.79. The molecule has 1 aromatic heterocycles. The lowest BCUT2D eigenvalue weighted by atomic mass is 9.93. The van der Waals surface area contributed by atoms with Gasteiger partial charge in [0.05, 0.1) is 5.56 Å². The second-order valence-electron chi connectivity index (χ2n) is 8.51. The smallest absolute Gasteiger partial charge is 0.259 e. The second-order valence-corrected chi connectivity index (χ2v) is 9.89. The van der Waals surface area contributed by atoms with Crippen LogP contribution in [0.25, 0.3) is 0 Å². The van der Waals surface area contributed by atoms with Crippen molar-refractivity contribution >= 4 is 29.2 Å². The molecule has 3 aliphatic rings. The molecule has 5 rings (SSSR count). The Labute approximate surface area is 171 Å². The van der Waals surface area contributed by atoms with Crippen LogP contribution in [-0.2, 0) is 0 Å². The summed E-state index contributed by atoms with van der Waals surface area (Å²) >= 11 is 1.93. The first-order chi connectivity index (χ1) is 13.7. The summed E-state index contributed by atoms with van der Waals surface area (Å²) in [6, 6.07) is 12.0. The molecule has 0 unspecified atom stereocenters. The number of pyridine rings is 1. The number of hydrogen-bond acceptors (Lipinski definition) is 4. The lowest BCUT2D eigenvalue weighted by Gasteiger charge is -2.33. The van der Waals surface area contributed by atoms with E-state index < -0.39 is 0 Å². The molecule has 1 aliphatic heterocycles. The van der Waals surface area contributed by atoms with E-state index in [4.69, 9.17) is 0 Å². The van der Waals surface area contributed by atoms with Crippen molar-refractivity contribution < 1.29 is 4.79 Å². The molecule has 146 valence electrons. The van der Waals surface area contributed by atoms with Crippen molar-refractivity contribution in [3.05, 3.63) is 48.2 Å². The van der Waals surface area contributed by atoms with Crippen molar-refractivity contribution in [1.29, 1.82) is 0 Å². The Bertz CT molecular complexity index is 866. The highest BCUT2D eigenvalue weighted by atomic mass is 32.2. The van der Waals surface area contributed by atoms with Crippen LogP contribution >= 0.6 is 11.8 Å². The molecule has 2 aliphatic carbocycles. The van der Waals surface area contributed by atoms with Crippen LogP contribution in [-0.4, -0.2) is 29.2 Å². The minimum absolute atomic E-state index is 0.0689. The summed E-state index contributed by atoms with van der Waals surface area (Å²) < 4.78 is 0. The van der Waals surface area contributed by atoms with Gasteiger partial charge in [-0.05, 0) is 74.3 Å². The Morgan fingerprint density at radius 3 is 2.64 bits per heavy atom. The highest BCUT2D eigenvalue weighted by Gasteiger charge is 2.44. The van der Waals surface area contributed by atoms with Crippen LogP contribution in [0.2, 0.25) is 0 Å². The Hall–Kier alpha value is -2.01. The van der Waals surface area contributed by atoms with Crippen molar-refractivity contribution in [2.45, 2.75) is 55.1 Å². The van der Waals surface area contributed by atoms with Gasteiger partial charge in [0, 0.05) is 35.1 Å². The summed E-state index contributed by atoms with van der Waals surface area (Å²) in [5.74, 6) is 0.760. The van der Waals surface area contributed by atoms with Gasteiger partial charge in [-0.25, -0.2) is 4.98 Å². The molecule has 5 heteroatoms. The summed E-state index contributed by atoms with van der Waals surface area (Å²) in [5, 5.41) is 3.84. The number of hydrogen-bond donors (Lipinski definition) is 1. The maximum atomic E-state index is 13.0. The van der Waals surface area contributed by atoms with E-state index >= 15 is 0 Å². The number of rotatable bonds is 5. The molecule has 1 N–H and O–H groups in total. The molecule has 4 nitrogen and oxygen atoms in total. The first kappa shape index (κ1) is 18.0. The summed E-state index contributed by atoms with van der Waals surface area (Å²) in [7, 11) is 0. The van der Waals surface area contributed by atoms with Crippen LogP contribution in [0.1, 0.15) is 55.3 Å². The standard InChI is InChI=1S/C23H27N3OS/c27-22(25-17-4-1-7-19(16-17)28-18-5-2-6-18)20-8-3-13-24-21(20)26-14-11-23(9-10-23)12-15-26/h1,3-4,7-8,13,16,18H,2,5-6,9-12,14-15H2,(H,25,27). The van der Waals surface area contributed by atoms with Crippen molar-refractivity contribution in [3.8, 4) is 0 Å². The molecule has 1 aromatic carbocycles. The maximum absolute atomic E-state index is 13.0. The van der Waals surface area contributed by atoms with Crippen molar-refractivity contribution in [2.24, 2.45) is 5.41 Å². The number of benzene rings is 1. The highest BCUT2D eigenvalue weighted by Crippen LogP contribution is 2.53. The van der Waals surface area contributed by atoms with Crippen molar-refractivity contribution in [1.82, 2.24) is 4.98 Å². The highest BCUT2D eigenvalue weighted by molar-refractivity contribution is 8.00. The number of carbonyl (C=O) groups is 1. The maximum Gasteiger partial charge on any atom is 0.259 e. The van der Waals surface area contributed by atoms with Gasteiger partial charge in [0.25, 0.3) is 5.91 Å². The summed E-state index contributed by atoms with van der Waals surface area (Å²) in [5.41, 5.74) is 2.15. The molecule has 1 saturated heterocycles. The number of thioether (sulfide) groups is 1. The molecular formula is C23H27N3OS. The number of nitrogens with zero attached hydrogens (tertiary/aromatic N) is 2. The zero-order chi connectivity index (χ0) is 19.0. The zero-order valence-electron chi connectivity index (χ0n) is 16.2. The average molecular weight is 394 g/mol. The van der Waals surface area contributed by atoms with E-state index in [2.05, 4.69) is 27.3 Å². The Balaban J connectivity index is 1.29. The lowest BCUT2D eigenvalue weighted by molar-refractivity contribution is 0.102. The summed E-state index contributed by atoms with van der Waals surface area (Å²) in [6.07, 6.45) is 11.0. The topological polar surface area (TPSA) is 45.2 Å². The van der Waals surface area contributed by atoms with Gasteiger partial charge in [-0.1, -0.05) is 12.5 Å². The van der Waals surface area contributed by atoms with Crippen molar-refractivity contribution in [2.75, 3.05) is 23.3 Å². The molecule has 1 spiro atoms.